The van der Waals surface area contributed by atoms with E-state index in [1.165, 1.54) is 23.3 Å². The molecule has 2 aromatic carbocycles. The molecule has 0 amide bonds. The van der Waals surface area contributed by atoms with E-state index in [1.54, 1.807) is 12.5 Å². The second kappa shape index (κ2) is 20.9. The predicted molar refractivity (Wildman–Crippen MR) is 184 cm³/mol. The van der Waals surface area contributed by atoms with E-state index < -0.39 is 0 Å². The lowest BCUT2D eigenvalue weighted by Crippen LogP contribution is -1.99. The quantitative estimate of drug-likeness (QED) is 0.201. The molecule has 0 fully saturated rings. The van der Waals surface area contributed by atoms with Crippen molar-refractivity contribution in [3.8, 4) is 0 Å². The first kappa shape index (κ1) is 38.2. The highest BCUT2D eigenvalue weighted by molar-refractivity contribution is 5.19. The number of rotatable bonds is 5. The smallest absolute Gasteiger partial charge is 0.123 e. The van der Waals surface area contributed by atoms with Gasteiger partial charge in [-0.1, -0.05) is 97.9 Å². The second-order valence-electron chi connectivity index (χ2n) is 12.1. The van der Waals surface area contributed by atoms with Gasteiger partial charge >= 0.3 is 0 Å². The van der Waals surface area contributed by atoms with E-state index in [-0.39, 0.29) is 5.82 Å². The molecule has 0 saturated carbocycles. The molecular weight excluding hydrogens is 547 g/mol. The summed E-state index contributed by atoms with van der Waals surface area (Å²) in [5, 5.41) is 4.03. The standard InChI is InChI=1S/C9H11F.C9H12.C8H12O.C7H10O.C6H10N2/c1-7(2)8-3-5-9(10)6-4-8;1-8(2)9-6-4-3-5-7-9;1-6(2)8-5-4-7(3)9-8;1-6(2)7-4-3-5-8-7;1-6(2)8-5-3-4-7-8/h3-7H,1-2H3;3-8H,1-2H3;4-6H,1-3H3;2*3-6H,1-2H3. The Morgan fingerprint density at radius 1 is 0.591 bits per heavy atom. The fourth-order valence-electron chi connectivity index (χ4n) is 3.66. The van der Waals surface area contributed by atoms with E-state index >= 15 is 0 Å². The van der Waals surface area contributed by atoms with Crippen molar-refractivity contribution in [3.05, 3.63) is 138 Å². The van der Waals surface area contributed by atoms with Crippen LogP contribution in [0.5, 0.6) is 0 Å². The molecule has 3 aromatic heterocycles. The normalized spacial score (nSPS) is 10.4. The van der Waals surface area contributed by atoms with Gasteiger partial charge in [0.2, 0.25) is 0 Å². The van der Waals surface area contributed by atoms with Crippen LogP contribution in [0.15, 0.2) is 112 Å². The Morgan fingerprint density at radius 3 is 1.45 bits per heavy atom. The average Bonchev–Trinajstić information content (AvgIpc) is 3.79. The van der Waals surface area contributed by atoms with Crippen LogP contribution in [0.1, 0.15) is 127 Å². The van der Waals surface area contributed by atoms with Gasteiger partial charge in [0.15, 0.2) is 0 Å². The molecule has 0 aliphatic rings. The number of hydrogen-bond donors (Lipinski definition) is 0. The van der Waals surface area contributed by atoms with Gasteiger partial charge in [-0.15, -0.1) is 0 Å². The molecule has 0 radical (unpaired) electrons. The Bertz CT molecular complexity index is 1290. The molecule has 5 heteroatoms. The molecule has 0 aliphatic heterocycles. The summed E-state index contributed by atoms with van der Waals surface area (Å²) in [6, 6.07) is 27.5. The van der Waals surface area contributed by atoms with Gasteiger partial charge < -0.3 is 8.83 Å². The lowest BCUT2D eigenvalue weighted by Gasteiger charge is -2.02. The summed E-state index contributed by atoms with van der Waals surface area (Å²) in [6.07, 6.45) is 5.46. The molecule has 0 atom stereocenters. The maximum absolute atomic E-state index is 12.4. The summed E-state index contributed by atoms with van der Waals surface area (Å²) in [5.41, 5.74) is 2.60. The van der Waals surface area contributed by atoms with Gasteiger partial charge in [0.25, 0.3) is 0 Å². The van der Waals surface area contributed by atoms with Crippen LogP contribution in [-0.2, 0) is 0 Å². The van der Waals surface area contributed by atoms with Crippen molar-refractivity contribution in [3.63, 3.8) is 0 Å². The fourth-order valence-corrected chi connectivity index (χ4v) is 3.66. The molecule has 0 bridgehead atoms. The highest BCUT2D eigenvalue weighted by Crippen LogP contribution is 2.16. The molecule has 0 aliphatic carbocycles. The van der Waals surface area contributed by atoms with Crippen LogP contribution < -0.4 is 0 Å². The largest absolute Gasteiger partial charge is 0.469 e. The molecule has 5 aromatic rings. The third-order valence-electron chi connectivity index (χ3n) is 6.50. The minimum absolute atomic E-state index is 0.163. The van der Waals surface area contributed by atoms with E-state index in [4.69, 9.17) is 8.83 Å². The first-order chi connectivity index (χ1) is 20.8. The zero-order valence-corrected chi connectivity index (χ0v) is 28.8. The van der Waals surface area contributed by atoms with Gasteiger partial charge in [-0.3, -0.25) is 4.68 Å². The second-order valence-corrected chi connectivity index (χ2v) is 12.1. The van der Waals surface area contributed by atoms with Gasteiger partial charge in [0.1, 0.15) is 23.1 Å². The summed E-state index contributed by atoms with van der Waals surface area (Å²) in [7, 11) is 0. The predicted octanol–water partition coefficient (Wildman–Crippen LogP) is 12.3. The first-order valence-electron chi connectivity index (χ1n) is 15.7. The Balaban J connectivity index is 0.000000276. The molecule has 3 heterocycles. The Morgan fingerprint density at radius 2 is 1.16 bits per heavy atom. The third kappa shape index (κ3) is 16.1. The lowest BCUT2D eigenvalue weighted by atomic mass is 10.0. The number of halogens is 1. The Hall–Kier alpha value is -3.86. The van der Waals surface area contributed by atoms with E-state index in [1.807, 2.05) is 66.3 Å². The van der Waals surface area contributed by atoms with Crippen LogP contribution in [-0.4, -0.2) is 9.78 Å². The highest BCUT2D eigenvalue weighted by atomic mass is 19.1. The summed E-state index contributed by atoms with van der Waals surface area (Å²) >= 11 is 0. The maximum Gasteiger partial charge on any atom is 0.123 e. The van der Waals surface area contributed by atoms with E-state index in [2.05, 4.69) is 98.6 Å². The van der Waals surface area contributed by atoms with Crippen molar-refractivity contribution in [2.45, 2.75) is 106 Å². The number of aryl methyl sites for hydroxylation is 1. The van der Waals surface area contributed by atoms with Crippen LogP contribution in [0, 0.1) is 12.7 Å². The molecule has 5 rings (SSSR count). The fraction of sp³-hybridized carbons (Fsp3) is 0.410. The number of hydrogen-bond acceptors (Lipinski definition) is 3. The lowest BCUT2D eigenvalue weighted by molar-refractivity contribution is 0.463. The molecule has 44 heavy (non-hydrogen) atoms. The van der Waals surface area contributed by atoms with Crippen LogP contribution in [0.3, 0.4) is 0 Å². The highest BCUT2D eigenvalue weighted by Gasteiger charge is 2.01. The van der Waals surface area contributed by atoms with Crippen molar-refractivity contribution in [1.29, 1.82) is 0 Å². The minimum Gasteiger partial charge on any atom is -0.469 e. The first-order valence-corrected chi connectivity index (χ1v) is 15.7. The van der Waals surface area contributed by atoms with E-state index in [0.717, 1.165) is 17.3 Å². The van der Waals surface area contributed by atoms with Crippen LogP contribution in [0.25, 0.3) is 0 Å². The zero-order valence-electron chi connectivity index (χ0n) is 28.8. The number of aromatic nitrogens is 2. The maximum atomic E-state index is 12.4. The van der Waals surface area contributed by atoms with E-state index in [0.29, 0.717) is 29.7 Å². The molecule has 240 valence electrons. The summed E-state index contributed by atoms with van der Waals surface area (Å²) < 4.78 is 24.7. The topological polar surface area (TPSA) is 44.1 Å². The SMILES string of the molecule is CC(C)c1ccc(F)cc1.CC(C)c1ccccc1.CC(C)c1ccco1.CC(C)n1cccn1.Cc1ccc(C(C)C)o1. The summed E-state index contributed by atoms with van der Waals surface area (Å²) in [5.74, 6) is 5.15. The third-order valence-corrected chi connectivity index (χ3v) is 6.50. The van der Waals surface area contributed by atoms with Crippen LogP contribution in [0.4, 0.5) is 4.39 Å². The van der Waals surface area contributed by atoms with Crippen molar-refractivity contribution < 1.29 is 13.2 Å². The van der Waals surface area contributed by atoms with Crippen molar-refractivity contribution >= 4 is 0 Å². The molecule has 4 nitrogen and oxygen atoms in total. The molecular formula is C39H55FN2O2. The van der Waals surface area contributed by atoms with Gasteiger partial charge in [-0.2, -0.15) is 5.10 Å². The summed E-state index contributed by atoms with van der Waals surface area (Å²) in [4.78, 5) is 0. The van der Waals surface area contributed by atoms with Crippen molar-refractivity contribution in [2.24, 2.45) is 0 Å². The monoisotopic (exact) mass is 602 g/mol. The average molecular weight is 603 g/mol. The van der Waals surface area contributed by atoms with Gasteiger partial charge in [-0.25, -0.2) is 4.39 Å². The van der Waals surface area contributed by atoms with Crippen LogP contribution in [0.2, 0.25) is 0 Å². The Labute approximate surface area is 266 Å². The van der Waals surface area contributed by atoms with Crippen LogP contribution >= 0.6 is 0 Å². The molecule has 0 unspecified atom stereocenters. The van der Waals surface area contributed by atoms with Crippen molar-refractivity contribution in [2.75, 3.05) is 0 Å². The number of nitrogens with zero attached hydrogens (tertiary/aromatic N) is 2. The molecule has 0 spiro atoms. The van der Waals surface area contributed by atoms with Gasteiger partial charge in [-0.05, 0) is 86.2 Å². The van der Waals surface area contributed by atoms with Gasteiger partial charge in [0.05, 0.1) is 6.26 Å². The van der Waals surface area contributed by atoms with Gasteiger partial charge in [0, 0.05) is 30.3 Å². The number of furan rings is 2. The van der Waals surface area contributed by atoms with E-state index in [9.17, 15) is 4.39 Å². The zero-order chi connectivity index (χ0) is 33.1. The summed E-state index contributed by atoms with van der Waals surface area (Å²) in [6.45, 7) is 23.2. The molecule has 0 N–H and O–H groups in total. The Kier molecular flexibility index (Phi) is 18.2. The number of benzene rings is 2. The molecule has 0 saturated heterocycles. The minimum atomic E-state index is -0.163. The van der Waals surface area contributed by atoms with Crippen molar-refractivity contribution in [1.82, 2.24) is 9.78 Å².